The summed E-state index contributed by atoms with van der Waals surface area (Å²) in [6, 6.07) is 140. The third-order valence-corrected chi connectivity index (χ3v) is 23.4. The second kappa shape index (κ2) is 38.7. The average Bonchev–Trinajstić information content (AvgIpc) is 1.78. The smallest absolute Gasteiger partial charge is 0.537 e. The number of hydrogen-bond donors (Lipinski definition) is 4. The van der Waals surface area contributed by atoms with Crippen LogP contribution in [0.2, 0.25) is 0 Å². The van der Waals surface area contributed by atoms with Crippen LogP contribution in [0.5, 0.6) is 23.0 Å². The van der Waals surface area contributed by atoms with Crippen LogP contribution in [0.1, 0.15) is 0 Å². The van der Waals surface area contributed by atoms with Crippen LogP contribution in [0.25, 0.3) is 201 Å². The van der Waals surface area contributed by atoms with Crippen molar-refractivity contribution in [3.8, 4) is 137 Å². The Morgan fingerprint density at radius 1 is 0.199 bits per heavy atom. The van der Waals surface area contributed by atoms with Crippen molar-refractivity contribution in [2.24, 2.45) is 0 Å². The number of aromatic nitrogens is 13. The molecule has 0 saturated heterocycles. The van der Waals surface area contributed by atoms with Gasteiger partial charge in [-0.15, -0.1) is 0 Å². The van der Waals surface area contributed by atoms with Gasteiger partial charge in [-0.2, -0.15) is 9.97 Å². The lowest BCUT2D eigenvalue weighted by Gasteiger charge is -2.14. The van der Waals surface area contributed by atoms with Gasteiger partial charge in [0.25, 0.3) is 0 Å². The third-order valence-electron chi connectivity index (χ3n) is 23.4. The zero-order valence-electron chi connectivity index (χ0n) is 72.5. The van der Waals surface area contributed by atoms with Crippen LogP contribution in [-0.2, 0) is 0 Å². The van der Waals surface area contributed by atoms with Crippen LogP contribution in [0.4, 0.5) is 0 Å². The molecule has 8 heterocycles. The van der Waals surface area contributed by atoms with Gasteiger partial charge in [0.15, 0.2) is 23.3 Å². The Morgan fingerprint density at radius 3 is 0.831 bits per heavy atom. The largest absolute Gasteiger partial charge is 0.569 e. The second-order valence-electron chi connectivity index (χ2n) is 31.5. The van der Waals surface area contributed by atoms with Gasteiger partial charge in [0.1, 0.15) is 28.8 Å². The fourth-order valence-corrected chi connectivity index (χ4v) is 17.3. The van der Waals surface area contributed by atoms with Gasteiger partial charge in [-0.05, 0) is 103 Å². The van der Waals surface area contributed by atoms with Crippen molar-refractivity contribution in [3.05, 3.63) is 431 Å². The predicted molar refractivity (Wildman–Crippen MR) is 541 cm³/mol. The highest BCUT2D eigenvalue weighted by atomic mass is 16.5. The van der Waals surface area contributed by atoms with Crippen LogP contribution in [0, 0.1) is 0 Å². The molecule has 25 heteroatoms. The summed E-state index contributed by atoms with van der Waals surface area (Å²) in [5.74, 6) is 6.68. The van der Waals surface area contributed by atoms with Crippen LogP contribution in [0.3, 0.4) is 0 Å². The number of hydrogen-bond acceptors (Lipinski definition) is 17. The third kappa shape index (κ3) is 17.2. The zero-order valence-corrected chi connectivity index (χ0v) is 72.5. The van der Waals surface area contributed by atoms with Crippen molar-refractivity contribution >= 4 is 118 Å². The van der Waals surface area contributed by atoms with E-state index < -0.39 is 0 Å². The van der Waals surface area contributed by atoms with Crippen LogP contribution in [0.15, 0.2) is 431 Å². The van der Waals surface area contributed by atoms with Gasteiger partial charge in [0.2, 0.25) is 11.9 Å². The lowest BCUT2D eigenvalue weighted by Crippen LogP contribution is -2.06. The minimum absolute atomic E-state index is 0.529. The Hall–Kier alpha value is -17.7. The van der Waals surface area contributed by atoms with Crippen LogP contribution < -0.4 is 18.6 Å². The van der Waals surface area contributed by atoms with Crippen molar-refractivity contribution in [1.82, 2.24) is 63.1 Å². The molecular formula is C111H75B4N13O8. The van der Waals surface area contributed by atoms with Crippen molar-refractivity contribution in [2.45, 2.75) is 0 Å². The van der Waals surface area contributed by atoms with Crippen molar-refractivity contribution in [1.29, 1.82) is 0 Å². The first-order chi connectivity index (χ1) is 67.3. The van der Waals surface area contributed by atoms with Gasteiger partial charge in [-0.1, -0.05) is 315 Å². The molecule has 24 rings (SSSR count). The molecule has 0 aliphatic rings. The second-order valence-corrected chi connectivity index (χ2v) is 31.5. The average molecular weight is 1760 g/mol. The van der Waals surface area contributed by atoms with Crippen molar-refractivity contribution in [2.75, 3.05) is 0 Å². The van der Waals surface area contributed by atoms with E-state index in [9.17, 15) is 0 Å². The van der Waals surface area contributed by atoms with E-state index in [0.717, 1.165) is 166 Å². The first-order valence-corrected chi connectivity index (χ1v) is 43.8. The standard InChI is InChI=1S/3C28H19BN3O2.C27H18BN4O2/c33-29-34-21-15-16-27-23(17-21)22-13-7-8-14-26(22)32(27)28-30-24(19-9-3-1-4-10-19)18-25(31-28)20-11-5-2-6-12-20;33-29-34-21-15-16-26-23(17-21)22-13-7-8-14-25(22)32(26)27-18-24(19-9-3-1-4-10-19)30-28(31-27)20-11-5-2-6-12-20;33-29-34-21-15-16-25-23(17-21)22-13-7-8-14-24(22)32(25)26-18-30-28(20-11-5-2-6-12-20)31-27(26)19-9-3-1-4-10-19;33-28-34-20-15-16-24-22(17-20)21-13-7-8-14-23(21)32(24)27-30-25(18-9-3-1-4-10-18)29-26(31-27)19-11-5-2-6-12-19/h3*1-18,33H;1-17,33H. The van der Waals surface area contributed by atoms with E-state index in [1.165, 1.54) is 0 Å². The highest BCUT2D eigenvalue weighted by Gasteiger charge is 2.25. The van der Waals surface area contributed by atoms with E-state index in [1.54, 1.807) is 0 Å². The molecule has 0 amide bonds. The van der Waals surface area contributed by atoms with Gasteiger partial charge >= 0.3 is 30.7 Å². The minimum atomic E-state index is 0.529. The summed E-state index contributed by atoms with van der Waals surface area (Å²) in [6.45, 7) is 0. The number of benzene rings is 16. The lowest BCUT2D eigenvalue weighted by molar-refractivity contribution is 0.453. The van der Waals surface area contributed by atoms with Gasteiger partial charge in [-0.25, -0.2) is 34.9 Å². The Balaban J connectivity index is 0.000000108. The summed E-state index contributed by atoms with van der Waals surface area (Å²) in [7, 11) is 2.77. The maximum atomic E-state index is 9.10. The monoisotopic (exact) mass is 1760 g/mol. The summed E-state index contributed by atoms with van der Waals surface area (Å²) in [4.78, 5) is 44.3. The topological polar surface area (TPSA) is 254 Å². The SMILES string of the molecule is O[B]Oc1ccc2c(c1)c1ccccc1n2-c1cc(-c2ccccc2)nc(-c2ccccc2)n1.O[B]Oc1ccc2c(c1)c1ccccc1n2-c1cnc(-c2ccccc2)nc1-c1ccccc1.O[B]Oc1ccc2c(c1)c1ccccc1n2-c1nc(-c2ccccc2)cc(-c2ccccc2)n1.O[B]Oc1ccc2c(c1)c1ccccc1n2-c1nc(-c2ccccc2)nc(-c2ccccc2)n1. The Labute approximate surface area is 782 Å². The molecule has 0 saturated carbocycles. The Morgan fingerprint density at radius 2 is 0.471 bits per heavy atom. The van der Waals surface area contributed by atoms with E-state index in [1.807, 2.05) is 344 Å². The molecule has 8 aromatic heterocycles. The molecule has 136 heavy (non-hydrogen) atoms. The molecule has 0 aliphatic carbocycles. The van der Waals surface area contributed by atoms with Gasteiger partial charge in [0.05, 0.1) is 78.8 Å². The quantitative estimate of drug-likeness (QED) is 0.0517. The minimum Gasteiger partial charge on any atom is -0.537 e. The number of rotatable bonds is 20. The highest BCUT2D eigenvalue weighted by molar-refractivity contribution is 6.20. The highest BCUT2D eigenvalue weighted by Crippen LogP contribution is 2.42. The molecule has 0 spiro atoms. The predicted octanol–water partition coefficient (Wildman–Crippen LogP) is 22.6. The molecule has 0 atom stereocenters. The van der Waals surface area contributed by atoms with Gasteiger partial charge < -0.3 is 43.3 Å². The zero-order chi connectivity index (χ0) is 91.6. The van der Waals surface area contributed by atoms with Crippen molar-refractivity contribution in [3.63, 3.8) is 0 Å². The Kier molecular flexibility index (Phi) is 24.2. The maximum Gasteiger partial charge on any atom is 0.569 e. The van der Waals surface area contributed by atoms with Crippen LogP contribution in [-0.4, -0.2) is 114 Å². The summed E-state index contributed by atoms with van der Waals surface area (Å²) in [6.07, 6.45) is 1.90. The maximum absolute atomic E-state index is 9.10. The summed E-state index contributed by atoms with van der Waals surface area (Å²) in [5.41, 5.74) is 20.0. The fraction of sp³-hybridized carbons (Fsp3) is 0. The van der Waals surface area contributed by atoms with Crippen molar-refractivity contribution < 1.29 is 38.7 Å². The van der Waals surface area contributed by atoms with E-state index >= 15 is 0 Å². The molecule has 16 aromatic carbocycles. The molecule has 21 nitrogen and oxygen atoms in total. The molecule has 0 unspecified atom stereocenters. The molecule has 644 valence electrons. The molecule has 0 bridgehead atoms. The van der Waals surface area contributed by atoms with E-state index in [0.29, 0.717) is 88.9 Å². The van der Waals surface area contributed by atoms with E-state index in [-0.39, 0.29) is 0 Å². The van der Waals surface area contributed by atoms with E-state index in [4.69, 9.17) is 83.6 Å². The number of fused-ring (bicyclic) bond motifs is 12. The van der Waals surface area contributed by atoms with Crippen LogP contribution >= 0.6 is 0 Å². The molecule has 0 aliphatic heterocycles. The summed E-state index contributed by atoms with van der Waals surface area (Å²) in [5, 5.41) is 44.6. The molecule has 4 radical (unpaired) electrons. The van der Waals surface area contributed by atoms with Gasteiger partial charge in [-0.3, -0.25) is 13.7 Å². The fourth-order valence-electron chi connectivity index (χ4n) is 17.3. The molecular weight excluding hydrogens is 1690 g/mol. The first-order valence-electron chi connectivity index (χ1n) is 43.8. The summed E-state index contributed by atoms with van der Waals surface area (Å²) >= 11 is 0. The van der Waals surface area contributed by atoms with Gasteiger partial charge in [0, 0.05) is 93.7 Å². The molecule has 0 fully saturated rings. The molecule has 4 N–H and O–H groups in total. The van der Waals surface area contributed by atoms with E-state index in [2.05, 4.69) is 105 Å². The normalized spacial score (nSPS) is 11.1. The first kappa shape index (κ1) is 85.1. The number of nitrogens with zero attached hydrogens (tertiary/aromatic N) is 13. The molecule has 24 aromatic rings. The lowest BCUT2D eigenvalue weighted by atomic mass is 10.1. The summed E-state index contributed by atoms with van der Waals surface area (Å²) < 4.78 is 29.4. The number of para-hydroxylation sites is 4. The Bertz CT molecular complexity index is 7680.